The molecule has 1 atom stereocenters. The molecule has 2 aromatic heterocycles. The van der Waals surface area contributed by atoms with Crippen LogP contribution >= 0.6 is 43.2 Å². The van der Waals surface area contributed by atoms with Crippen molar-refractivity contribution in [3.05, 3.63) is 49.3 Å². The first-order valence-corrected chi connectivity index (χ1v) is 8.26. The van der Waals surface area contributed by atoms with Crippen LogP contribution in [0.3, 0.4) is 0 Å². The molecule has 0 amide bonds. The van der Waals surface area contributed by atoms with Crippen molar-refractivity contribution in [2.45, 2.75) is 19.4 Å². The summed E-state index contributed by atoms with van der Waals surface area (Å²) in [6.45, 7) is 3.15. The molecule has 2 heterocycles. The lowest BCUT2D eigenvalue weighted by molar-refractivity contribution is 0.592. The van der Waals surface area contributed by atoms with Crippen molar-refractivity contribution in [2.24, 2.45) is 0 Å². The number of halogens is 2. The Balaban J connectivity index is 2.30. The van der Waals surface area contributed by atoms with Crippen LogP contribution in [0.5, 0.6) is 0 Å². The van der Waals surface area contributed by atoms with E-state index in [0.29, 0.717) is 0 Å². The fourth-order valence-corrected chi connectivity index (χ4v) is 3.61. The smallest absolute Gasteiger partial charge is 0.0856 e. The van der Waals surface area contributed by atoms with Gasteiger partial charge in [-0.05, 0) is 68.4 Å². The molecule has 0 saturated carbocycles. The lowest BCUT2D eigenvalue weighted by atomic mass is 10.1. The Morgan fingerprint density at radius 2 is 2.17 bits per heavy atom. The average molecular weight is 390 g/mol. The van der Waals surface area contributed by atoms with E-state index in [1.165, 1.54) is 4.88 Å². The van der Waals surface area contributed by atoms with Crippen LogP contribution in [-0.2, 0) is 0 Å². The summed E-state index contributed by atoms with van der Waals surface area (Å²) < 4.78 is 2.15. The highest BCUT2D eigenvalue weighted by atomic mass is 79.9. The molecule has 0 bridgehead atoms. The molecular weight excluding hydrogens is 376 g/mol. The Morgan fingerprint density at radius 1 is 1.33 bits per heavy atom. The number of pyridine rings is 1. The first kappa shape index (κ1) is 14.2. The molecular formula is C13H14Br2N2S. The summed E-state index contributed by atoms with van der Waals surface area (Å²) in [5.41, 5.74) is 1.05. The van der Waals surface area contributed by atoms with E-state index in [1.54, 1.807) is 11.3 Å². The van der Waals surface area contributed by atoms with Crippen LogP contribution in [0.2, 0.25) is 0 Å². The van der Waals surface area contributed by atoms with E-state index in [1.807, 2.05) is 12.3 Å². The van der Waals surface area contributed by atoms with Gasteiger partial charge in [0.2, 0.25) is 0 Å². The summed E-state index contributed by atoms with van der Waals surface area (Å²) in [6, 6.07) is 6.33. The lowest BCUT2D eigenvalue weighted by Gasteiger charge is -2.17. The van der Waals surface area contributed by atoms with Crippen molar-refractivity contribution >= 4 is 43.2 Å². The van der Waals surface area contributed by atoms with E-state index >= 15 is 0 Å². The average Bonchev–Trinajstić information content (AvgIpc) is 2.78. The molecule has 0 spiro atoms. The standard InChI is InChI=1S/C13H14Br2N2S/c1-2-6-16-12(13-10(15)5-7-18-13)11-4-3-9(14)8-17-11/h3-5,7-8,12,16H,2,6H2,1H3. The highest BCUT2D eigenvalue weighted by molar-refractivity contribution is 9.10. The van der Waals surface area contributed by atoms with Crippen LogP contribution in [0.1, 0.15) is 30.0 Å². The van der Waals surface area contributed by atoms with Gasteiger partial charge in [0.05, 0.1) is 11.7 Å². The first-order valence-electron chi connectivity index (χ1n) is 5.80. The van der Waals surface area contributed by atoms with Gasteiger partial charge in [-0.2, -0.15) is 0 Å². The number of rotatable bonds is 5. The van der Waals surface area contributed by atoms with Gasteiger partial charge in [0.15, 0.2) is 0 Å². The molecule has 0 aliphatic rings. The van der Waals surface area contributed by atoms with Gasteiger partial charge in [0.1, 0.15) is 0 Å². The van der Waals surface area contributed by atoms with Crippen LogP contribution in [0, 0.1) is 0 Å². The predicted molar refractivity (Wildman–Crippen MR) is 84.1 cm³/mol. The molecule has 2 rings (SSSR count). The number of thiophene rings is 1. The van der Waals surface area contributed by atoms with E-state index in [-0.39, 0.29) is 6.04 Å². The maximum Gasteiger partial charge on any atom is 0.0856 e. The predicted octanol–water partition coefficient (Wildman–Crippen LogP) is 4.76. The zero-order valence-corrected chi connectivity index (χ0v) is 14.0. The highest BCUT2D eigenvalue weighted by Gasteiger charge is 2.18. The van der Waals surface area contributed by atoms with Crippen LogP contribution in [0.15, 0.2) is 38.7 Å². The van der Waals surface area contributed by atoms with E-state index in [4.69, 9.17) is 0 Å². The van der Waals surface area contributed by atoms with Gasteiger partial charge in [-0.25, -0.2) is 0 Å². The fourth-order valence-electron chi connectivity index (χ4n) is 1.69. The number of nitrogens with zero attached hydrogens (tertiary/aromatic N) is 1. The van der Waals surface area contributed by atoms with Crippen LogP contribution in [-0.4, -0.2) is 11.5 Å². The van der Waals surface area contributed by atoms with E-state index < -0.39 is 0 Å². The lowest BCUT2D eigenvalue weighted by Crippen LogP contribution is -2.23. The summed E-state index contributed by atoms with van der Waals surface area (Å²) in [5.74, 6) is 0. The fraction of sp³-hybridized carbons (Fsp3) is 0.308. The molecule has 0 fully saturated rings. The molecule has 0 saturated heterocycles. The normalized spacial score (nSPS) is 12.6. The Bertz CT molecular complexity index is 496. The Hall–Kier alpha value is -0.230. The summed E-state index contributed by atoms with van der Waals surface area (Å²) in [4.78, 5) is 5.78. The van der Waals surface area contributed by atoms with E-state index in [2.05, 4.69) is 66.6 Å². The van der Waals surface area contributed by atoms with Gasteiger partial charge in [-0.1, -0.05) is 6.92 Å². The zero-order chi connectivity index (χ0) is 13.0. The summed E-state index contributed by atoms with van der Waals surface area (Å²) in [7, 11) is 0. The molecule has 5 heteroatoms. The minimum absolute atomic E-state index is 0.160. The Labute approximate surface area is 128 Å². The van der Waals surface area contributed by atoms with Crippen molar-refractivity contribution in [1.29, 1.82) is 0 Å². The van der Waals surface area contributed by atoms with Gasteiger partial charge in [-0.3, -0.25) is 4.98 Å². The molecule has 0 aliphatic heterocycles. The maximum absolute atomic E-state index is 4.51. The quantitative estimate of drug-likeness (QED) is 0.797. The molecule has 96 valence electrons. The summed E-state index contributed by atoms with van der Waals surface area (Å²) >= 11 is 8.77. The second kappa shape index (κ2) is 6.80. The number of nitrogens with one attached hydrogen (secondary N) is 1. The van der Waals surface area contributed by atoms with Crippen LogP contribution in [0.4, 0.5) is 0 Å². The SMILES string of the molecule is CCCNC(c1ccc(Br)cn1)c1sccc1Br. The monoisotopic (exact) mass is 388 g/mol. The van der Waals surface area contributed by atoms with Crippen molar-refractivity contribution in [1.82, 2.24) is 10.3 Å². The van der Waals surface area contributed by atoms with Crippen LogP contribution in [0.25, 0.3) is 0 Å². The van der Waals surface area contributed by atoms with Crippen LogP contribution < -0.4 is 5.32 Å². The summed E-state index contributed by atoms with van der Waals surface area (Å²) in [6.07, 6.45) is 2.95. The molecule has 18 heavy (non-hydrogen) atoms. The number of hydrogen-bond donors (Lipinski definition) is 1. The molecule has 0 aromatic carbocycles. The van der Waals surface area contributed by atoms with Gasteiger partial charge in [0, 0.05) is 20.0 Å². The number of hydrogen-bond acceptors (Lipinski definition) is 3. The third kappa shape index (κ3) is 3.41. The zero-order valence-electron chi connectivity index (χ0n) is 9.99. The van der Waals surface area contributed by atoms with Crippen molar-refractivity contribution in [3.8, 4) is 0 Å². The van der Waals surface area contributed by atoms with Gasteiger partial charge in [-0.15, -0.1) is 11.3 Å². The van der Waals surface area contributed by atoms with Gasteiger partial charge >= 0.3 is 0 Å². The summed E-state index contributed by atoms with van der Waals surface area (Å²) in [5, 5.41) is 5.65. The minimum atomic E-state index is 0.160. The second-order valence-corrected chi connectivity index (χ2v) is 6.64. The number of aromatic nitrogens is 1. The molecule has 1 unspecified atom stereocenters. The highest BCUT2D eigenvalue weighted by Crippen LogP contribution is 2.32. The molecule has 1 N–H and O–H groups in total. The van der Waals surface area contributed by atoms with Gasteiger partial charge < -0.3 is 5.32 Å². The molecule has 2 nitrogen and oxygen atoms in total. The second-order valence-electron chi connectivity index (χ2n) is 3.92. The van der Waals surface area contributed by atoms with Crippen molar-refractivity contribution < 1.29 is 0 Å². The third-order valence-electron chi connectivity index (χ3n) is 2.55. The minimum Gasteiger partial charge on any atom is -0.304 e. The third-order valence-corrected chi connectivity index (χ3v) is 4.96. The Kier molecular flexibility index (Phi) is 5.36. The largest absolute Gasteiger partial charge is 0.304 e. The maximum atomic E-state index is 4.51. The van der Waals surface area contributed by atoms with E-state index in [9.17, 15) is 0 Å². The molecule has 0 radical (unpaired) electrons. The van der Waals surface area contributed by atoms with Gasteiger partial charge in [0.25, 0.3) is 0 Å². The Morgan fingerprint density at radius 3 is 2.72 bits per heavy atom. The molecule has 2 aromatic rings. The first-order chi connectivity index (χ1) is 8.72. The molecule has 0 aliphatic carbocycles. The topological polar surface area (TPSA) is 24.9 Å². The van der Waals surface area contributed by atoms with E-state index in [0.717, 1.165) is 27.6 Å². The van der Waals surface area contributed by atoms with Crippen molar-refractivity contribution in [3.63, 3.8) is 0 Å². The van der Waals surface area contributed by atoms with Crippen molar-refractivity contribution in [2.75, 3.05) is 6.54 Å².